The van der Waals surface area contributed by atoms with Gasteiger partial charge in [-0.3, -0.25) is 20.4 Å². The van der Waals surface area contributed by atoms with Crippen LogP contribution in [0, 0.1) is 5.92 Å². The van der Waals surface area contributed by atoms with Crippen molar-refractivity contribution in [3.05, 3.63) is 77.9 Å². The van der Waals surface area contributed by atoms with Crippen LogP contribution in [-0.2, 0) is 9.59 Å². The van der Waals surface area contributed by atoms with Crippen LogP contribution in [0.2, 0.25) is 0 Å². The van der Waals surface area contributed by atoms with Gasteiger partial charge in [0.05, 0.1) is 0 Å². The summed E-state index contributed by atoms with van der Waals surface area (Å²) < 4.78 is 0. The van der Waals surface area contributed by atoms with Crippen LogP contribution in [0.4, 0.5) is 0 Å². The SMILES string of the molecule is O=C(/C=C/c1ccccc1)NNC(=O)[C@@H]1C[C@H]1c1ccccc1. The third-order valence-electron chi connectivity index (χ3n) is 3.89. The molecule has 0 unspecified atom stereocenters. The highest BCUT2D eigenvalue weighted by molar-refractivity contribution is 5.93. The van der Waals surface area contributed by atoms with Gasteiger partial charge in [-0.15, -0.1) is 0 Å². The first kappa shape index (κ1) is 15.0. The van der Waals surface area contributed by atoms with Crippen LogP contribution < -0.4 is 10.9 Å². The molecular weight excluding hydrogens is 288 g/mol. The molecule has 2 amide bonds. The average molecular weight is 306 g/mol. The maximum absolute atomic E-state index is 12.0. The van der Waals surface area contributed by atoms with E-state index in [-0.39, 0.29) is 23.7 Å². The average Bonchev–Trinajstić information content (AvgIpc) is 3.40. The third kappa shape index (κ3) is 4.07. The van der Waals surface area contributed by atoms with E-state index in [1.165, 1.54) is 11.6 Å². The molecule has 2 N–H and O–H groups in total. The van der Waals surface area contributed by atoms with Crippen LogP contribution in [0.1, 0.15) is 23.5 Å². The van der Waals surface area contributed by atoms with E-state index in [9.17, 15) is 9.59 Å². The maximum atomic E-state index is 12.0. The molecule has 0 heterocycles. The summed E-state index contributed by atoms with van der Waals surface area (Å²) in [4.78, 5) is 23.7. The summed E-state index contributed by atoms with van der Waals surface area (Å²) in [6.07, 6.45) is 3.92. The number of carbonyl (C=O) groups is 2. The molecule has 2 aromatic rings. The first-order valence-corrected chi connectivity index (χ1v) is 7.62. The van der Waals surface area contributed by atoms with Crippen molar-refractivity contribution in [3.63, 3.8) is 0 Å². The topological polar surface area (TPSA) is 58.2 Å². The van der Waals surface area contributed by atoms with Gasteiger partial charge in [0.1, 0.15) is 0 Å². The molecule has 4 heteroatoms. The monoisotopic (exact) mass is 306 g/mol. The van der Waals surface area contributed by atoms with E-state index in [1.54, 1.807) is 6.08 Å². The van der Waals surface area contributed by atoms with Gasteiger partial charge >= 0.3 is 0 Å². The molecule has 1 aliphatic carbocycles. The Morgan fingerprint density at radius 3 is 2.26 bits per heavy atom. The highest BCUT2D eigenvalue weighted by Gasteiger charge is 2.43. The molecule has 0 aromatic heterocycles. The Morgan fingerprint density at radius 1 is 0.913 bits per heavy atom. The fourth-order valence-electron chi connectivity index (χ4n) is 2.55. The number of amides is 2. The number of nitrogens with one attached hydrogen (secondary N) is 2. The molecule has 0 saturated heterocycles. The van der Waals surface area contributed by atoms with E-state index in [4.69, 9.17) is 0 Å². The molecular formula is C19H18N2O2. The number of benzene rings is 2. The molecule has 2 aromatic carbocycles. The van der Waals surface area contributed by atoms with Crippen molar-refractivity contribution < 1.29 is 9.59 Å². The molecule has 4 nitrogen and oxygen atoms in total. The number of carbonyl (C=O) groups excluding carboxylic acids is 2. The van der Waals surface area contributed by atoms with Crippen molar-refractivity contribution in [1.82, 2.24) is 10.9 Å². The molecule has 0 spiro atoms. The Labute approximate surface area is 135 Å². The third-order valence-corrected chi connectivity index (χ3v) is 3.89. The zero-order valence-electron chi connectivity index (χ0n) is 12.6. The molecule has 2 atom stereocenters. The van der Waals surface area contributed by atoms with E-state index < -0.39 is 0 Å². The van der Waals surface area contributed by atoms with Gasteiger partial charge in [-0.2, -0.15) is 0 Å². The van der Waals surface area contributed by atoms with Crippen LogP contribution in [0.5, 0.6) is 0 Å². The Morgan fingerprint density at radius 2 is 1.57 bits per heavy atom. The summed E-state index contributed by atoms with van der Waals surface area (Å²) in [5.41, 5.74) is 7.01. The molecule has 0 aliphatic heterocycles. The predicted octanol–water partition coefficient (Wildman–Crippen LogP) is 2.65. The van der Waals surface area contributed by atoms with Crippen molar-refractivity contribution in [3.8, 4) is 0 Å². The summed E-state index contributed by atoms with van der Waals surface area (Å²) in [5, 5.41) is 0. The van der Waals surface area contributed by atoms with Gasteiger partial charge in [0.25, 0.3) is 5.91 Å². The molecule has 23 heavy (non-hydrogen) atoms. The van der Waals surface area contributed by atoms with Crippen LogP contribution in [0.3, 0.4) is 0 Å². The fourth-order valence-corrected chi connectivity index (χ4v) is 2.55. The van der Waals surface area contributed by atoms with E-state index in [0.717, 1.165) is 12.0 Å². The molecule has 3 rings (SSSR count). The fraction of sp³-hybridized carbons (Fsp3) is 0.158. The summed E-state index contributed by atoms with van der Waals surface area (Å²) >= 11 is 0. The Balaban J connectivity index is 1.45. The van der Waals surface area contributed by atoms with Crippen LogP contribution in [0.25, 0.3) is 6.08 Å². The van der Waals surface area contributed by atoms with Gasteiger partial charge in [-0.25, -0.2) is 0 Å². The zero-order chi connectivity index (χ0) is 16.1. The minimum absolute atomic E-state index is 0.0594. The van der Waals surface area contributed by atoms with E-state index >= 15 is 0 Å². The molecule has 1 saturated carbocycles. The van der Waals surface area contributed by atoms with Crippen molar-refractivity contribution in [2.24, 2.45) is 5.92 Å². The smallest absolute Gasteiger partial charge is 0.262 e. The van der Waals surface area contributed by atoms with Crippen molar-refractivity contribution in [2.75, 3.05) is 0 Å². The molecule has 1 fully saturated rings. The molecule has 0 radical (unpaired) electrons. The first-order valence-electron chi connectivity index (χ1n) is 7.62. The van der Waals surface area contributed by atoms with Gasteiger partial charge < -0.3 is 0 Å². The Bertz CT molecular complexity index is 711. The molecule has 0 bridgehead atoms. The number of hydrogen-bond donors (Lipinski definition) is 2. The van der Waals surface area contributed by atoms with Crippen LogP contribution in [-0.4, -0.2) is 11.8 Å². The van der Waals surface area contributed by atoms with E-state index in [1.807, 2.05) is 60.7 Å². The largest absolute Gasteiger partial charge is 0.273 e. The normalized spacial score (nSPS) is 19.3. The minimum Gasteiger partial charge on any atom is -0.273 e. The number of hydrogen-bond acceptors (Lipinski definition) is 2. The first-order chi connectivity index (χ1) is 11.2. The zero-order valence-corrected chi connectivity index (χ0v) is 12.6. The second kappa shape index (κ2) is 6.92. The molecule has 1 aliphatic rings. The van der Waals surface area contributed by atoms with Gasteiger partial charge in [0.2, 0.25) is 5.91 Å². The standard InChI is InChI=1S/C19H18N2O2/c22-18(12-11-14-7-3-1-4-8-14)20-21-19(23)17-13-16(17)15-9-5-2-6-10-15/h1-12,16-17H,13H2,(H,20,22)(H,21,23)/b12-11+/t16-,17+/m0/s1. The lowest BCUT2D eigenvalue weighted by Gasteiger charge is -2.05. The molecule has 116 valence electrons. The van der Waals surface area contributed by atoms with Gasteiger partial charge in [-0.05, 0) is 29.5 Å². The van der Waals surface area contributed by atoms with Crippen molar-refractivity contribution in [2.45, 2.75) is 12.3 Å². The lowest BCUT2D eigenvalue weighted by atomic mass is 10.1. The second-order valence-corrected chi connectivity index (χ2v) is 5.58. The van der Waals surface area contributed by atoms with Crippen molar-refractivity contribution in [1.29, 1.82) is 0 Å². The maximum Gasteiger partial charge on any atom is 0.262 e. The Kier molecular flexibility index (Phi) is 4.52. The van der Waals surface area contributed by atoms with Gasteiger partial charge in [-0.1, -0.05) is 60.7 Å². The van der Waals surface area contributed by atoms with Crippen LogP contribution >= 0.6 is 0 Å². The lowest BCUT2D eigenvalue weighted by Crippen LogP contribution is -2.41. The number of rotatable bonds is 4. The van der Waals surface area contributed by atoms with Crippen LogP contribution in [0.15, 0.2) is 66.7 Å². The summed E-state index contributed by atoms with van der Waals surface area (Å²) in [6, 6.07) is 19.5. The summed E-state index contributed by atoms with van der Waals surface area (Å²) in [5.74, 6) is -0.289. The van der Waals surface area contributed by atoms with Gasteiger partial charge in [0, 0.05) is 12.0 Å². The second-order valence-electron chi connectivity index (χ2n) is 5.58. The predicted molar refractivity (Wildman–Crippen MR) is 89.1 cm³/mol. The highest BCUT2D eigenvalue weighted by atomic mass is 16.2. The lowest BCUT2D eigenvalue weighted by molar-refractivity contribution is -0.127. The minimum atomic E-state index is -0.348. The number of hydrazine groups is 1. The van der Waals surface area contributed by atoms with Crippen molar-refractivity contribution >= 4 is 17.9 Å². The Hall–Kier alpha value is -2.88. The van der Waals surface area contributed by atoms with Gasteiger partial charge in [0.15, 0.2) is 0 Å². The van der Waals surface area contributed by atoms with E-state index in [2.05, 4.69) is 10.9 Å². The van der Waals surface area contributed by atoms with E-state index in [0.29, 0.717) is 0 Å². The summed E-state index contributed by atoms with van der Waals surface area (Å²) in [7, 11) is 0. The quantitative estimate of drug-likeness (QED) is 0.674. The highest BCUT2D eigenvalue weighted by Crippen LogP contribution is 2.47. The summed E-state index contributed by atoms with van der Waals surface area (Å²) in [6.45, 7) is 0.